The van der Waals surface area contributed by atoms with Crippen molar-refractivity contribution in [2.75, 3.05) is 19.0 Å². The maximum atomic E-state index is 15.0. The molecule has 0 unspecified atom stereocenters. The first kappa shape index (κ1) is 35.3. The molecule has 1 aromatic heterocycles. The number of pyridine rings is 1. The van der Waals surface area contributed by atoms with E-state index < -0.39 is 65.3 Å². The fourth-order valence-electron chi connectivity index (χ4n) is 6.19. The molecule has 1 aliphatic rings. The monoisotopic (exact) mass is 689 g/mol. The van der Waals surface area contributed by atoms with E-state index in [2.05, 4.69) is 5.32 Å². The highest BCUT2D eigenvalue weighted by Crippen LogP contribution is 2.40. The summed E-state index contributed by atoms with van der Waals surface area (Å²) in [7, 11) is 2.65. The van der Waals surface area contributed by atoms with Crippen LogP contribution in [0.4, 0.5) is 32.0 Å². The molecule has 3 aromatic carbocycles. The Balaban J connectivity index is 1.49. The van der Waals surface area contributed by atoms with Crippen LogP contribution in [0, 0.1) is 24.4 Å². The second-order valence-electron chi connectivity index (χ2n) is 11.8. The van der Waals surface area contributed by atoms with E-state index in [1.54, 1.807) is 26.1 Å². The van der Waals surface area contributed by atoms with E-state index in [-0.39, 0.29) is 12.0 Å². The molecule has 49 heavy (non-hydrogen) atoms. The molecule has 0 saturated carbocycles. The van der Waals surface area contributed by atoms with Gasteiger partial charge in [0.1, 0.15) is 40.8 Å². The number of nitrogens with one attached hydrogen (secondary N) is 2. The smallest absolute Gasteiger partial charge is 0.408 e. The number of nitrogens with zero attached hydrogens (tertiary/aromatic N) is 1. The van der Waals surface area contributed by atoms with Crippen LogP contribution in [-0.2, 0) is 29.4 Å². The molecule has 8 nitrogen and oxygen atoms in total. The van der Waals surface area contributed by atoms with Crippen LogP contribution < -0.4 is 20.9 Å². The summed E-state index contributed by atoms with van der Waals surface area (Å²) in [5.41, 5.74) is 1.03. The number of amides is 1. The molecule has 1 amide bonds. The van der Waals surface area contributed by atoms with E-state index in [1.807, 2.05) is 5.32 Å². The molecule has 1 aliphatic heterocycles. The molecule has 14 heteroatoms. The van der Waals surface area contributed by atoms with Gasteiger partial charge in [-0.2, -0.15) is 13.2 Å². The lowest BCUT2D eigenvalue weighted by atomic mass is 9.89. The molecule has 2 N–H and O–H groups in total. The van der Waals surface area contributed by atoms with Gasteiger partial charge in [-0.1, -0.05) is 19.1 Å². The first-order valence-corrected chi connectivity index (χ1v) is 15.4. The number of carbonyl (C=O) groups excluding carboxylic acids is 2. The van der Waals surface area contributed by atoms with Gasteiger partial charge < -0.3 is 24.7 Å². The van der Waals surface area contributed by atoms with Crippen molar-refractivity contribution >= 4 is 28.5 Å². The number of fused-ring (bicyclic) bond motifs is 2. The normalized spacial score (nSPS) is 14.1. The molecule has 0 spiro atoms. The number of rotatable bonds is 9. The molecule has 260 valence electrons. The van der Waals surface area contributed by atoms with Gasteiger partial charge in [0.15, 0.2) is 0 Å². The van der Waals surface area contributed by atoms with Crippen LogP contribution in [-0.4, -0.2) is 48.4 Å². The zero-order valence-corrected chi connectivity index (χ0v) is 27.0. The van der Waals surface area contributed by atoms with Crippen molar-refractivity contribution in [3.05, 3.63) is 92.5 Å². The molecule has 4 aromatic rings. The average Bonchev–Trinajstić information content (AvgIpc) is 3.05. The van der Waals surface area contributed by atoms with E-state index in [0.717, 1.165) is 7.11 Å². The predicted molar refractivity (Wildman–Crippen MR) is 170 cm³/mol. The molecular weight excluding hydrogens is 656 g/mol. The van der Waals surface area contributed by atoms with Gasteiger partial charge in [-0.15, -0.1) is 0 Å². The second-order valence-corrected chi connectivity index (χ2v) is 11.8. The maximum Gasteiger partial charge on any atom is 0.408 e. The van der Waals surface area contributed by atoms with E-state index >= 15 is 8.78 Å². The molecule has 0 radical (unpaired) electrons. The lowest BCUT2D eigenvalue weighted by molar-refractivity contribution is -0.143. The highest BCUT2D eigenvalue weighted by atomic mass is 19.4. The van der Waals surface area contributed by atoms with Gasteiger partial charge in [0.25, 0.3) is 11.5 Å². The van der Waals surface area contributed by atoms with Gasteiger partial charge in [0.2, 0.25) is 0 Å². The van der Waals surface area contributed by atoms with Gasteiger partial charge in [-0.25, -0.2) is 18.0 Å². The summed E-state index contributed by atoms with van der Waals surface area (Å²) in [6.45, 7) is 3.29. The Bertz CT molecular complexity index is 1990. The summed E-state index contributed by atoms with van der Waals surface area (Å²) in [4.78, 5) is 39.6. The van der Waals surface area contributed by atoms with Crippen LogP contribution in [0.5, 0.6) is 5.75 Å². The number of alkyl halides is 3. The number of aryl methyl sites for hydroxylation is 2. The SMILES string of the molecule is CC[C@@H](Nc1cc(F)c(C(=O)N[C@@H](Cc2ccc(-c3c(C)c4cc(F)ccc4n(C)c3=O)c3c2CCCO3)C(=O)OC)c(F)c1)C(F)(F)F. The highest BCUT2D eigenvalue weighted by Gasteiger charge is 2.38. The van der Waals surface area contributed by atoms with Crippen molar-refractivity contribution < 1.29 is 45.4 Å². The Kier molecular flexibility index (Phi) is 9.97. The van der Waals surface area contributed by atoms with Crippen molar-refractivity contribution in [2.45, 2.75) is 57.8 Å². The van der Waals surface area contributed by atoms with Crippen LogP contribution in [0.2, 0.25) is 0 Å². The van der Waals surface area contributed by atoms with Crippen molar-refractivity contribution in [3.63, 3.8) is 0 Å². The number of hydrogen-bond acceptors (Lipinski definition) is 6. The van der Waals surface area contributed by atoms with E-state index in [0.29, 0.717) is 76.1 Å². The minimum Gasteiger partial charge on any atom is -0.493 e. The summed E-state index contributed by atoms with van der Waals surface area (Å²) in [5.74, 6) is -5.24. The third-order valence-corrected chi connectivity index (χ3v) is 8.69. The lowest BCUT2D eigenvalue weighted by Crippen LogP contribution is -2.44. The largest absolute Gasteiger partial charge is 0.493 e. The first-order chi connectivity index (χ1) is 23.2. The average molecular weight is 690 g/mol. The fourth-order valence-corrected chi connectivity index (χ4v) is 6.19. The summed E-state index contributed by atoms with van der Waals surface area (Å²) >= 11 is 0. The Morgan fingerprint density at radius 3 is 2.39 bits per heavy atom. The molecule has 2 atom stereocenters. The Morgan fingerprint density at radius 1 is 1.06 bits per heavy atom. The molecule has 2 heterocycles. The minimum atomic E-state index is -4.68. The van der Waals surface area contributed by atoms with E-state index in [9.17, 15) is 31.9 Å². The third-order valence-electron chi connectivity index (χ3n) is 8.69. The summed E-state index contributed by atoms with van der Waals surface area (Å²) in [5, 5.41) is 4.85. The molecule has 0 bridgehead atoms. The van der Waals surface area contributed by atoms with Crippen LogP contribution in [0.1, 0.15) is 46.8 Å². The van der Waals surface area contributed by atoms with Gasteiger partial charge >= 0.3 is 12.1 Å². The minimum absolute atomic E-state index is 0.197. The number of methoxy groups -OCH3 is 1. The van der Waals surface area contributed by atoms with Gasteiger partial charge in [-0.05, 0) is 73.2 Å². The molecule has 0 fully saturated rings. The Labute approximate surface area is 277 Å². The Morgan fingerprint density at radius 2 is 1.76 bits per heavy atom. The van der Waals surface area contributed by atoms with E-state index in [4.69, 9.17) is 9.47 Å². The molecule has 0 aliphatic carbocycles. The number of carbonyl (C=O) groups is 2. The van der Waals surface area contributed by atoms with Crippen molar-refractivity contribution in [3.8, 4) is 16.9 Å². The second kappa shape index (κ2) is 13.8. The topological polar surface area (TPSA) is 98.7 Å². The standard InChI is InChI=1S/C35H33F6N3O5/c1-5-28(35(39,40)41)42-20-15-24(37)30(25(38)16-20)32(45)43-26(34(47)48-4)13-18-8-10-22(31-21(18)7-6-12-49-31)29-17(2)23-14-19(36)9-11-27(23)44(3)33(29)46/h8-11,14-16,26,28,42H,5-7,12-13H2,1-4H3,(H,43,45)/t26-,28+/m0/s1. The third kappa shape index (κ3) is 6.94. The van der Waals surface area contributed by atoms with Gasteiger partial charge in [-0.3, -0.25) is 9.59 Å². The summed E-state index contributed by atoms with van der Waals surface area (Å²) in [6, 6.07) is 5.03. The number of benzene rings is 3. The zero-order valence-electron chi connectivity index (χ0n) is 27.0. The summed E-state index contributed by atoms with van der Waals surface area (Å²) < 4.78 is 96.1. The maximum absolute atomic E-state index is 15.0. The number of aromatic nitrogens is 1. The van der Waals surface area contributed by atoms with Crippen LogP contribution in [0.25, 0.3) is 22.0 Å². The van der Waals surface area contributed by atoms with E-state index in [1.165, 1.54) is 29.7 Å². The first-order valence-electron chi connectivity index (χ1n) is 15.4. The van der Waals surface area contributed by atoms with Crippen LogP contribution >= 0.6 is 0 Å². The van der Waals surface area contributed by atoms with Gasteiger partial charge in [0, 0.05) is 30.1 Å². The van der Waals surface area contributed by atoms with Gasteiger partial charge in [0.05, 0.1) is 24.8 Å². The summed E-state index contributed by atoms with van der Waals surface area (Å²) in [6.07, 6.45) is -4.24. The van der Waals surface area contributed by atoms with Crippen molar-refractivity contribution in [2.24, 2.45) is 7.05 Å². The van der Waals surface area contributed by atoms with Crippen molar-refractivity contribution in [1.29, 1.82) is 0 Å². The Hall–Kier alpha value is -5.01. The van der Waals surface area contributed by atoms with Crippen LogP contribution in [0.3, 0.4) is 0 Å². The fraction of sp³-hybridized carbons (Fsp3) is 0.343. The lowest BCUT2D eigenvalue weighted by Gasteiger charge is -2.26. The van der Waals surface area contributed by atoms with Crippen LogP contribution in [0.15, 0.2) is 47.3 Å². The zero-order chi connectivity index (χ0) is 35.8. The number of halogens is 6. The number of esters is 1. The highest BCUT2D eigenvalue weighted by molar-refractivity contribution is 5.98. The molecule has 5 rings (SSSR count). The quantitative estimate of drug-likeness (QED) is 0.153. The van der Waals surface area contributed by atoms with Crippen molar-refractivity contribution in [1.82, 2.24) is 9.88 Å². The number of ether oxygens (including phenoxy) is 2. The predicted octanol–water partition coefficient (Wildman–Crippen LogP) is 6.52. The molecule has 0 saturated heterocycles. The number of anilines is 1. The molecular formula is C35H33F6N3O5. The number of hydrogen-bond donors (Lipinski definition) is 2.